The van der Waals surface area contributed by atoms with Crippen LogP contribution in [0.3, 0.4) is 0 Å². The van der Waals surface area contributed by atoms with Crippen LogP contribution in [0, 0.1) is 11.6 Å². The summed E-state index contributed by atoms with van der Waals surface area (Å²) >= 11 is 6.51. The Hall–Kier alpha value is -5.44. The smallest absolute Gasteiger partial charge is 0.405 e. The molecule has 0 aliphatic rings. The molecule has 52 heavy (non-hydrogen) atoms. The number of nitrogens with zero attached hydrogens (tertiary/aromatic N) is 6. The van der Waals surface area contributed by atoms with Gasteiger partial charge < -0.3 is 15.2 Å². The van der Waals surface area contributed by atoms with Crippen LogP contribution in [0.4, 0.5) is 37.0 Å². The van der Waals surface area contributed by atoms with Crippen molar-refractivity contribution in [3.05, 3.63) is 80.9 Å². The number of nitrogens with two attached hydrogens (primary N) is 1. The van der Waals surface area contributed by atoms with E-state index < -0.39 is 93.9 Å². The van der Waals surface area contributed by atoms with E-state index in [0.29, 0.717) is 10.4 Å². The number of hydrogen-bond acceptors (Lipinski definition) is 10. The average molecular weight is 776 g/mol. The Bertz CT molecular complexity index is 2410. The summed E-state index contributed by atoms with van der Waals surface area (Å²) in [5.41, 5.74) is 3.39. The van der Waals surface area contributed by atoms with Gasteiger partial charge in [-0.1, -0.05) is 11.6 Å². The summed E-state index contributed by atoms with van der Waals surface area (Å²) < 4.78 is 119. The van der Waals surface area contributed by atoms with E-state index in [-0.39, 0.29) is 32.6 Å². The van der Waals surface area contributed by atoms with Crippen molar-refractivity contribution in [2.45, 2.75) is 31.8 Å². The van der Waals surface area contributed by atoms with E-state index in [1.54, 1.807) is 0 Å². The second-order valence-electron chi connectivity index (χ2n) is 11.2. The first kappa shape index (κ1) is 37.8. The van der Waals surface area contributed by atoms with Crippen LogP contribution in [0.25, 0.3) is 27.6 Å². The van der Waals surface area contributed by atoms with E-state index in [4.69, 9.17) is 26.8 Å². The van der Waals surface area contributed by atoms with Gasteiger partial charge in [-0.05, 0) is 35.9 Å². The molecule has 1 atom stereocenters. The van der Waals surface area contributed by atoms with E-state index in [2.05, 4.69) is 15.1 Å². The first-order chi connectivity index (χ1) is 24.2. The first-order valence-corrected chi connectivity index (χ1v) is 16.7. The zero-order chi connectivity index (χ0) is 38.4. The Morgan fingerprint density at radius 3 is 2.31 bits per heavy atom. The SMILES string of the molecule is CC(=O)N(c1nn(C)c2c(-n3c([C@H](Cc4cc(F)cc(F)c4)OC(N)=O)nc4nc(OCC(F)(F)C(F)F)ccc4c3=O)ccc(Cl)c12)S(C)(=O)=O. The molecule has 0 fully saturated rings. The van der Waals surface area contributed by atoms with Gasteiger partial charge in [-0.25, -0.2) is 35.8 Å². The van der Waals surface area contributed by atoms with Gasteiger partial charge in [0.2, 0.25) is 21.8 Å². The molecule has 276 valence electrons. The topological polar surface area (TPSA) is 182 Å². The Labute approximate surface area is 293 Å². The molecule has 2 N–H and O–H groups in total. The van der Waals surface area contributed by atoms with Crippen molar-refractivity contribution < 1.29 is 53.8 Å². The Morgan fingerprint density at radius 1 is 1.08 bits per heavy atom. The summed E-state index contributed by atoms with van der Waals surface area (Å²) in [5.74, 6) is -9.27. The molecule has 0 aliphatic heterocycles. The van der Waals surface area contributed by atoms with Crippen LogP contribution in [0.2, 0.25) is 5.02 Å². The molecule has 3 aromatic heterocycles. The van der Waals surface area contributed by atoms with Gasteiger partial charge in [0.15, 0.2) is 30.0 Å². The number of carbonyl (C=O) groups is 2. The van der Waals surface area contributed by atoms with Crippen molar-refractivity contribution in [3.63, 3.8) is 0 Å². The molecule has 14 nitrogen and oxygen atoms in total. The molecule has 0 radical (unpaired) electrons. The lowest BCUT2D eigenvalue weighted by Crippen LogP contribution is -2.34. The summed E-state index contributed by atoms with van der Waals surface area (Å²) in [7, 11) is -2.98. The number of primary amides is 1. The Balaban J connectivity index is 1.84. The van der Waals surface area contributed by atoms with Gasteiger partial charge >= 0.3 is 18.4 Å². The maximum absolute atomic E-state index is 14.4. The summed E-state index contributed by atoms with van der Waals surface area (Å²) in [6.07, 6.45) is -7.15. The van der Waals surface area contributed by atoms with Crippen molar-refractivity contribution >= 4 is 61.4 Å². The maximum atomic E-state index is 14.4. The van der Waals surface area contributed by atoms with Crippen molar-refractivity contribution in [3.8, 4) is 11.6 Å². The lowest BCUT2D eigenvalue weighted by molar-refractivity contribution is -0.148. The number of halogens is 7. The number of alkyl halides is 4. The summed E-state index contributed by atoms with van der Waals surface area (Å²) in [6, 6.07) is 6.73. The van der Waals surface area contributed by atoms with Gasteiger partial charge in [-0.15, -0.1) is 0 Å². The molecule has 2 aromatic carbocycles. The molecule has 3 heterocycles. The van der Waals surface area contributed by atoms with Gasteiger partial charge in [0.25, 0.3) is 5.56 Å². The number of carbonyl (C=O) groups excluding carboxylic acids is 2. The molecular weight excluding hydrogens is 752 g/mol. The number of benzene rings is 2. The minimum atomic E-state index is -4.57. The monoisotopic (exact) mass is 775 g/mol. The lowest BCUT2D eigenvalue weighted by Gasteiger charge is -2.22. The Kier molecular flexibility index (Phi) is 10.1. The molecule has 5 aromatic rings. The molecule has 0 bridgehead atoms. The highest BCUT2D eigenvalue weighted by atomic mass is 35.5. The second kappa shape index (κ2) is 13.9. The molecule has 0 saturated heterocycles. The van der Waals surface area contributed by atoms with Crippen molar-refractivity contribution in [1.29, 1.82) is 0 Å². The molecule has 0 unspecified atom stereocenters. The van der Waals surface area contributed by atoms with Gasteiger partial charge in [-0.3, -0.25) is 18.8 Å². The molecule has 0 aliphatic carbocycles. The van der Waals surface area contributed by atoms with Crippen LogP contribution in [-0.2, 0) is 33.0 Å². The molecule has 2 amide bonds. The summed E-state index contributed by atoms with van der Waals surface area (Å²) in [6.45, 7) is -0.849. The van der Waals surface area contributed by atoms with Crippen LogP contribution >= 0.6 is 11.6 Å². The second-order valence-corrected chi connectivity index (χ2v) is 13.4. The zero-order valence-electron chi connectivity index (χ0n) is 26.8. The van der Waals surface area contributed by atoms with Gasteiger partial charge in [-0.2, -0.15) is 23.2 Å². The number of pyridine rings is 1. The number of hydrogen-bond donors (Lipinski definition) is 1. The molecule has 22 heteroatoms. The Morgan fingerprint density at radius 2 is 1.73 bits per heavy atom. The minimum Gasteiger partial charge on any atom is -0.471 e. The van der Waals surface area contributed by atoms with E-state index in [1.165, 1.54) is 19.2 Å². The first-order valence-electron chi connectivity index (χ1n) is 14.5. The quantitative estimate of drug-likeness (QED) is 0.187. The average Bonchev–Trinajstić information content (AvgIpc) is 3.35. The van der Waals surface area contributed by atoms with Gasteiger partial charge in [0, 0.05) is 32.5 Å². The minimum absolute atomic E-state index is 0.0846. The number of rotatable bonds is 11. The summed E-state index contributed by atoms with van der Waals surface area (Å²) in [4.78, 5) is 47.3. The number of fused-ring (bicyclic) bond motifs is 2. The normalized spacial score (nSPS) is 12.8. The van der Waals surface area contributed by atoms with Crippen LogP contribution in [0.5, 0.6) is 5.88 Å². The van der Waals surface area contributed by atoms with Crippen molar-refractivity contribution in [2.24, 2.45) is 12.8 Å². The van der Waals surface area contributed by atoms with E-state index in [9.17, 15) is 49.1 Å². The standard InChI is InChI=1S/C30H24ClF6N7O7S/c1-13(45)44(52(3,48)49)26-22-18(31)5-6-19(23(22)42(2)41-26)43-25(20(51-29(38)47)10-14-8-15(32)11-16(33)9-14)40-24-17(27(43)46)4-7-21(39-24)50-12-30(36,37)28(34)35/h4-9,11,20,28H,10,12H2,1-3H3,(H2,38,47)/t20-/m0/s1. The van der Waals surface area contributed by atoms with Gasteiger partial charge in [0.05, 0.1) is 33.3 Å². The molecule has 5 rings (SSSR count). The largest absolute Gasteiger partial charge is 0.471 e. The third kappa shape index (κ3) is 7.45. The molecule has 0 spiro atoms. The third-order valence-electron chi connectivity index (χ3n) is 7.30. The van der Waals surface area contributed by atoms with E-state index in [1.807, 2.05) is 0 Å². The fraction of sp³-hybridized carbons (Fsp3) is 0.267. The van der Waals surface area contributed by atoms with E-state index in [0.717, 1.165) is 46.7 Å². The van der Waals surface area contributed by atoms with Gasteiger partial charge in [0.1, 0.15) is 11.6 Å². The fourth-order valence-corrected chi connectivity index (χ4v) is 6.44. The van der Waals surface area contributed by atoms with Crippen molar-refractivity contribution in [2.75, 3.05) is 17.2 Å². The highest BCUT2D eigenvalue weighted by Crippen LogP contribution is 2.38. The van der Waals surface area contributed by atoms with Crippen LogP contribution in [-0.4, -0.2) is 69.9 Å². The number of ether oxygens (including phenoxy) is 2. The maximum Gasteiger partial charge on any atom is 0.405 e. The zero-order valence-corrected chi connectivity index (χ0v) is 28.4. The number of aryl methyl sites for hydroxylation is 1. The predicted octanol–water partition coefficient (Wildman–Crippen LogP) is 4.57. The van der Waals surface area contributed by atoms with Crippen LogP contribution < -0.4 is 20.3 Å². The van der Waals surface area contributed by atoms with Crippen LogP contribution in [0.1, 0.15) is 24.4 Å². The number of aromatic nitrogens is 5. The van der Waals surface area contributed by atoms with Crippen molar-refractivity contribution in [1.82, 2.24) is 24.3 Å². The third-order valence-corrected chi connectivity index (χ3v) is 8.71. The predicted molar refractivity (Wildman–Crippen MR) is 172 cm³/mol. The molecule has 0 saturated carbocycles. The fourth-order valence-electron chi connectivity index (χ4n) is 5.30. The highest BCUT2D eigenvalue weighted by molar-refractivity contribution is 7.92. The van der Waals surface area contributed by atoms with E-state index >= 15 is 0 Å². The number of sulfonamides is 1. The lowest BCUT2D eigenvalue weighted by atomic mass is 10.1. The molecular formula is C30H24ClF6N7O7S. The summed E-state index contributed by atoms with van der Waals surface area (Å²) in [5, 5.41) is 3.55. The number of amides is 2. The highest BCUT2D eigenvalue weighted by Gasteiger charge is 2.42. The van der Waals surface area contributed by atoms with Crippen LogP contribution in [0.15, 0.2) is 47.3 Å². The number of anilines is 1.